The molecule has 2 aromatic rings. The third-order valence-corrected chi connectivity index (χ3v) is 2.59. The summed E-state index contributed by atoms with van der Waals surface area (Å²) in [5.41, 5.74) is 2.16. The van der Waals surface area contributed by atoms with Crippen LogP contribution in [0, 0.1) is 0 Å². The lowest BCUT2D eigenvalue weighted by molar-refractivity contribution is -0.140. The summed E-state index contributed by atoms with van der Waals surface area (Å²) in [6, 6.07) is 10.7. The highest BCUT2D eigenvalue weighted by Crippen LogP contribution is 2.14. The van der Waals surface area contributed by atoms with Crippen molar-refractivity contribution in [2.45, 2.75) is 6.92 Å². The minimum atomic E-state index is -0.472. The van der Waals surface area contributed by atoms with E-state index < -0.39 is 5.97 Å². The Hall–Kier alpha value is -2.20. The van der Waals surface area contributed by atoms with Crippen LogP contribution in [0.4, 0.5) is 0 Å². The van der Waals surface area contributed by atoms with Crippen molar-refractivity contribution in [2.75, 3.05) is 0 Å². The van der Waals surface area contributed by atoms with Crippen molar-refractivity contribution < 1.29 is 9.63 Å². The lowest BCUT2D eigenvalue weighted by Crippen LogP contribution is -2.06. The fraction of sp³-hybridized carbons (Fsp3) is 0.0714. The van der Waals surface area contributed by atoms with Gasteiger partial charge in [-0.15, -0.1) is 0 Å². The number of aromatic nitrogens is 1. The molecule has 19 heavy (non-hydrogen) atoms. The van der Waals surface area contributed by atoms with E-state index in [9.17, 15) is 4.79 Å². The molecule has 0 aliphatic rings. The van der Waals surface area contributed by atoms with Gasteiger partial charge in [0.25, 0.3) is 0 Å². The molecule has 0 radical (unpaired) electrons. The molecule has 0 amide bonds. The molecule has 0 spiro atoms. The highest BCUT2D eigenvalue weighted by molar-refractivity contribution is 6.30. The molecule has 1 heterocycles. The van der Waals surface area contributed by atoms with Crippen LogP contribution in [0.3, 0.4) is 0 Å². The molecule has 96 valence electrons. The Kier molecular flexibility index (Phi) is 4.26. The second-order valence-electron chi connectivity index (χ2n) is 3.77. The quantitative estimate of drug-likeness (QED) is 0.491. The molecule has 0 saturated heterocycles. The second-order valence-corrected chi connectivity index (χ2v) is 4.20. The molecule has 0 aliphatic heterocycles. The Bertz CT molecular complexity index is 595. The van der Waals surface area contributed by atoms with E-state index in [2.05, 4.69) is 10.1 Å². The number of rotatable bonds is 3. The van der Waals surface area contributed by atoms with E-state index in [0.717, 1.165) is 11.1 Å². The van der Waals surface area contributed by atoms with Crippen LogP contribution in [0.2, 0.25) is 5.02 Å². The third kappa shape index (κ3) is 3.63. The van der Waals surface area contributed by atoms with Crippen molar-refractivity contribution >= 4 is 23.3 Å². The lowest BCUT2D eigenvalue weighted by Gasteiger charge is -2.06. The van der Waals surface area contributed by atoms with Crippen molar-refractivity contribution in [3.63, 3.8) is 0 Å². The monoisotopic (exact) mass is 274 g/mol. The van der Waals surface area contributed by atoms with Crippen LogP contribution in [0.1, 0.15) is 18.1 Å². The van der Waals surface area contributed by atoms with Gasteiger partial charge in [-0.05, 0) is 24.3 Å². The van der Waals surface area contributed by atoms with Gasteiger partial charge >= 0.3 is 5.97 Å². The van der Waals surface area contributed by atoms with E-state index in [1.807, 2.05) is 12.1 Å². The zero-order valence-electron chi connectivity index (χ0n) is 10.2. The molecular weight excluding hydrogens is 264 g/mol. The van der Waals surface area contributed by atoms with Crippen molar-refractivity contribution in [3.8, 4) is 0 Å². The molecule has 2 rings (SSSR count). The topological polar surface area (TPSA) is 51.5 Å². The lowest BCUT2D eigenvalue weighted by atomic mass is 10.0. The van der Waals surface area contributed by atoms with E-state index in [1.165, 1.54) is 6.92 Å². The van der Waals surface area contributed by atoms with Gasteiger partial charge in [-0.2, -0.15) is 0 Å². The summed E-state index contributed by atoms with van der Waals surface area (Å²) in [6.07, 6.45) is 3.29. The Balaban J connectivity index is 2.43. The van der Waals surface area contributed by atoms with Gasteiger partial charge in [-0.1, -0.05) is 28.9 Å². The molecule has 0 unspecified atom stereocenters. The SMILES string of the molecule is CC(=O)O/N=C(\c1ccncc1)c1ccc(Cl)cc1. The largest absolute Gasteiger partial charge is 0.332 e. The standard InChI is InChI=1S/C14H11ClN2O2/c1-10(18)19-17-14(12-6-8-16-9-7-12)11-2-4-13(15)5-3-11/h2-9H,1H3/b17-14-. The third-order valence-electron chi connectivity index (χ3n) is 2.34. The maximum Gasteiger partial charge on any atom is 0.332 e. The molecule has 0 atom stereocenters. The van der Waals surface area contributed by atoms with Gasteiger partial charge in [-0.3, -0.25) is 4.98 Å². The predicted octanol–water partition coefficient (Wildman–Crippen LogP) is 3.05. The maximum atomic E-state index is 10.9. The Morgan fingerprint density at radius 1 is 1.11 bits per heavy atom. The molecule has 0 saturated carbocycles. The highest BCUT2D eigenvalue weighted by Gasteiger charge is 2.08. The van der Waals surface area contributed by atoms with Gasteiger partial charge in [0.05, 0.1) is 0 Å². The highest BCUT2D eigenvalue weighted by atomic mass is 35.5. The van der Waals surface area contributed by atoms with Crippen LogP contribution < -0.4 is 0 Å². The van der Waals surface area contributed by atoms with Crippen LogP contribution in [-0.4, -0.2) is 16.7 Å². The minimum absolute atomic E-state index is 0.472. The summed E-state index contributed by atoms with van der Waals surface area (Å²) < 4.78 is 0. The minimum Gasteiger partial charge on any atom is -0.318 e. The first-order valence-electron chi connectivity index (χ1n) is 5.59. The normalized spacial score (nSPS) is 11.2. The number of pyridine rings is 1. The summed E-state index contributed by atoms with van der Waals surface area (Å²) in [4.78, 5) is 19.6. The van der Waals surface area contributed by atoms with Gasteiger partial charge in [0.1, 0.15) is 5.71 Å². The van der Waals surface area contributed by atoms with E-state index >= 15 is 0 Å². The van der Waals surface area contributed by atoms with Crippen LogP contribution in [0.15, 0.2) is 53.9 Å². The summed E-state index contributed by atoms with van der Waals surface area (Å²) in [7, 11) is 0. The average molecular weight is 275 g/mol. The van der Waals surface area contributed by atoms with Gasteiger partial charge in [0.15, 0.2) is 0 Å². The number of nitrogens with zero attached hydrogens (tertiary/aromatic N) is 2. The molecule has 0 fully saturated rings. The van der Waals surface area contributed by atoms with Crippen LogP contribution in [-0.2, 0) is 9.63 Å². The zero-order valence-corrected chi connectivity index (χ0v) is 11.0. The molecule has 0 N–H and O–H groups in total. The van der Waals surface area contributed by atoms with E-state index in [1.54, 1.807) is 36.7 Å². The number of hydrogen-bond acceptors (Lipinski definition) is 4. The van der Waals surface area contributed by atoms with Crippen LogP contribution in [0.25, 0.3) is 0 Å². The van der Waals surface area contributed by atoms with Crippen molar-refractivity contribution in [1.29, 1.82) is 0 Å². The smallest absolute Gasteiger partial charge is 0.318 e. The zero-order chi connectivity index (χ0) is 13.7. The molecule has 1 aromatic heterocycles. The number of oxime groups is 1. The van der Waals surface area contributed by atoms with Gasteiger partial charge in [0.2, 0.25) is 0 Å². The Labute approximate surface area is 115 Å². The van der Waals surface area contributed by atoms with Gasteiger partial charge < -0.3 is 4.84 Å². The molecule has 0 bridgehead atoms. The number of halogens is 1. The van der Waals surface area contributed by atoms with Crippen molar-refractivity contribution in [3.05, 3.63) is 64.9 Å². The van der Waals surface area contributed by atoms with Crippen molar-refractivity contribution in [1.82, 2.24) is 4.98 Å². The molecule has 5 heteroatoms. The predicted molar refractivity (Wildman–Crippen MR) is 73.1 cm³/mol. The van der Waals surface area contributed by atoms with E-state index in [0.29, 0.717) is 10.7 Å². The van der Waals surface area contributed by atoms with Crippen LogP contribution in [0.5, 0.6) is 0 Å². The first-order valence-corrected chi connectivity index (χ1v) is 5.96. The fourth-order valence-electron chi connectivity index (χ4n) is 1.50. The summed E-state index contributed by atoms with van der Waals surface area (Å²) in [5, 5.41) is 4.52. The number of carbonyl (C=O) groups excluding carboxylic acids is 1. The first-order chi connectivity index (χ1) is 9.16. The second kappa shape index (κ2) is 6.11. The van der Waals surface area contributed by atoms with Gasteiger partial charge in [-0.25, -0.2) is 4.79 Å². The maximum absolute atomic E-state index is 10.9. The summed E-state index contributed by atoms with van der Waals surface area (Å²) >= 11 is 5.85. The van der Waals surface area contributed by atoms with E-state index in [-0.39, 0.29) is 0 Å². The average Bonchev–Trinajstić information content (AvgIpc) is 2.42. The van der Waals surface area contributed by atoms with Crippen LogP contribution >= 0.6 is 11.6 Å². The number of carbonyl (C=O) groups is 1. The molecule has 0 aliphatic carbocycles. The first kappa shape index (κ1) is 13.2. The Morgan fingerprint density at radius 2 is 1.68 bits per heavy atom. The van der Waals surface area contributed by atoms with Gasteiger partial charge in [0, 0.05) is 35.5 Å². The molecular formula is C14H11ClN2O2. The molecule has 1 aromatic carbocycles. The number of benzene rings is 1. The summed E-state index contributed by atoms with van der Waals surface area (Å²) in [5.74, 6) is -0.472. The number of hydrogen-bond donors (Lipinski definition) is 0. The van der Waals surface area contributed by atoms with Crippen molar-refractivity contribution in [2.24, 2.45) is 5.16 Å². The fourth-order valence-corrected chi connectivity index (χ4v) is 1.63. The van der Waals surface area contributed by atoms with E-state index in [4.69, 9.17) is 16.4 Å². The Morgan fingerprint density at radius 3 is 2.26 bits per heavy atom. The summed E-state index contributed by atoms with van der Waals surface area (Å²) in [6.45, 7) is 1.30. The molecule has 4 nitrogen and oxygen atoms in total.